The summed E-state index contributed by atoms with van der Waals surface area (Å²) in [6.45, 7) is 0. The van der Waals surface area contributed by atoms with E-state index in [1.54, 1.807) is 6.07 Å². The number of sulfonamides is 1. The molecular formula is C19H17F2N3O2S. The highest BCUT2D eigenvalue weighted by molar-refractivity contribution is 7.92. The van der Waals surface area contributed by atoms with Gasteiger partial charge in [-0.15, -0.1) is 0 Å². The van der Waals surface area contributed by atoms with E-state index in [1.165, 1.54) is 18.3 Å². The monoisotopic (exact) mass is 389 g/mol. The largest absolute Gasteiger partial charge is 0.354 e. The minimum Gasteiger partial charge on any atom is -0.354 e. The molecule has 3 aromatic rings. The second-order valence-electron chi connectivity index (χ2n) is 5.84. The highest BCUT2D eigenvalue weighted by atomic mass is 32.2. The summed E-state index contributed by atoms with van der Waals surface area (Å²) in [5.41, 5.74) is 1.79. The SMILES string of the molecule is O=S(=O)(CCc1ccccc1)Nc1ccc(Nc2ccc(F)c(F)c2)cn1. The van der Waals surface area contributed by atoms with Crippen molar-refractivity contribution in [2.75, 3.05) is 15.8 Å². The lowest BCUT2D eigenvalue weighted by Crippen LogP contribution is -2.18. The zero-order chi connectivity index (χ0) is 19.3. The summed E-state index contributed by atoms with van der Waals surface area (Å²) in [5.74, 6) is -1.78. The van der Waals surface area contributed by atoms with Crippen LogP contribution < -0.4 is 10.0 Å². The van der Waals surface area contributed by atoms with Crippen molar-refractivity contribution in [2.45, 2.75) is 6.42 Å². The third-order valence-electron chi connectivity index (χ3n) is 3.73. The number of hydrogen-bond donors (Lipinski definition) is 2. The lowest BCUT2D eigenvalue weighted by Gasteiger charge is -2.09. The van der Waals surface area contributed by atoms with Crippen molar-refractivity contribution in [1.29, 1.82) is 0 Å². The number of nitrogens with zero attached hydrogens (tertiary/aromatic N) is 1. The molecule has 0 saturated carbocycles. The summed E-state index contributed by atoms with van der Waals surface area (Å²) >= 11 is 0. The molecule has 8 heteroatoms. The smallest absolute Gasteiger partial charge is 0.234 e. The zero-order valence-electron chi connectivity index (χ0n) is 14.2. The summed E-state index contributed by atoms with van der Waals surface area (Å²) in [7, 11) is -3.54. The first-order chi connectivity index (χ1) is 12.9. The summed E-state index contributed by atoms with van der Waals surface area (Å²) in [5, 5.41) is 2.86. The van der Waals surface area contributed by atoms with Crippen LogP contribution in [0.25, 0.3) is 0 Å². The molecule has 0 spiro atoms. The highest BCUT2D eigenvalue weighted by Crippen LogP contribution is 2.19. The van der Waals surface area contributed by atoms with Gasteiger partial charge in [0.2, 0.25) is 10.0 Å². The van der Waals surface area contributed by atoms with Gasteiger partial charge in [0.25, 0.3) is 0 Å². The molecule has 0 unspecified atom stereocenters. The van der Waals surface area contributed by atoms with E-state index in [2.05, 4.69) is 15.0 Å². The van der Waals surface area contributed by atoms with E-state index in [0.717, 1.165) is 17.7 Å². The molecule has 0 atom stereocenters. The van der Waals surface area contributed by atoms with E-state index >= 15 is 0 Å². The van der Waals surface area contributed by atoms with Crippen molar-refractivity contribution >= 4 is 27.2 Å². The lowest BCUT2D eigenvalue weighted by molar-refractivity contribution is 0.509. The Kier molecular flexibility index (Phi) is 5.66. The van der Waals surface area contributed by atoms with Crippen LogP contribution in [0.4, 0.5) is 26.0 Å². The molecule has 0 amide bonds. The number of nitrogens with one attached hydrogen (secondary N) is 2. The quantitative estimate of drug-likeness (QED) is 0.639. The maximum atomic E-state index is 13.2. The molecule has 1 heterocycles. The fraction of sp³-hybridized carbons (Fsp3) is 0.105. The molecule has 0 aliphatic heterocycles. The molecule has 2 aromatic carbocycles. The highest BCUT2D eigenvalue weighted by Gasteiger charge is 2.11. The molecule has 2 N–H and O–H groups in total. The predicted octanol–water partition coefficient (Wildman–Crippen LogP) is 4.09. The Balaban J connectivity index is 1.60. The van der Waals surface area contributed by atoms with Gasteiger partial charge < -0.3 is 5.32 Å². The van der Waals surface area contributed by atoms with Crippen molar-refractivity contribution in [3.05, 3.63) is 84.1 Å². The van der Waals surface area contributed by atoms with E-state index in [-0.39, 0.29) is 11.6 Å². The van der Waals surface area contributed by atoms with Gasteiger partial charge in [-0.2, -0.15) is 0 Å². The number of hydrogen-bond acceptors (Lipinski definition) is 4. The van der Waals surface area contributed by atoms with Gasteiger partial charge in [0.15, 0.2) is 11.6 Å². The Labute approximate surface area is 156 Å². The van der Waals surface area contributed by atoms with Crippen LogP contribution in [0.15, 0.2) is 66.9 Å². The number of benzene rings is 2. The maximum absolute atomic E-state index is 13.2. The maximum Gasteiger partial charge on any atom is 0.234 e. The minimum atomic E-state index is -3.54. The normalized spacial score (nSPS) is 11.2. The molecule has 0 bridgehead atoms. The number of aryl methyl sites for hydroxylation is 1. The molecule has 1 aromatic heterocycles. The Morgan fingerprint density at radius 2 is 1.63 bits per heavy atom. The van der Waals surface area contributed by atoms with Gasteiger partial charge in [-0.3, -0.25) is 4.72 Å². The number of aromatic nitrogens is 1. The Morgan fingerprint density at radius 1 is 0.889 bits per heavy atom. The van der Waals surface area contributed by atoms with E-state index in [1.807, 2.05) is 30.3 Å². The van der Waals surface area contributed by atoms with Gasteiger partial charge in [0.05, 0.1) is 17.6 Å². The summed E-state index contributed by atoms with van der Waals surface area (Å²) in [6, 6.07) is 15.8. The van der Waals surface area contributed by atoms with Crippen LogP contribution in [-0.4, -0.2) is 19.2 Å². The van der Waals surface area contributed by atoms with Crippen LogP contribution in [-0.2, 0) is 16.4 Å². The first kappa shape index (κ1) is 18.8. The van der Waals surface area contributed by atoms with Crippen LogP contribution in [0.5, 0.6) is 0 Å². The molecule has 27 heavy (non-hydrogen) atoms. The van der Waals surface area contributed by atoms with E-state index < -0.39 is 21.7 Å². The number of anilines is 3. The summed E-state index contributed by atoms with van der Waals surface area (Å²) in [6.07, 6.45) is 1.79. The minimum absolute atomic E-state index is 0.0620. The van der Waals surface area contributed by atoms with E-state index in [0.29, 0.717) is 17.8 Å². The third-order valence-corrected chi connectivity index (χ3v) is 5.00. The van der Waals surface area contributed by atoms with Crippen LogP contribution in [0.2, 0.25) is 0 Å². The molecule has 0 saturated heterocycles. The molecule has 3 rings (SSSR count). The molecule has 140 valence electrons. The fourth-order valence-electron chi connectivity index (χ4n) is 2.38. The first-order valence-electron chi connectivity index (χ1n) is 8.14. The average Bonchev–Trinajstić information content (AvgIpc) is 2.65. The van der Waals surface area contributed by atoms with Crippen LogP contribution in [0.3, 0.4) is 0 Å². The van der Waals surface area contributed by atoms with Crippen LogP contribution >= 0.6 is 0 Å². The number of pyridine rings is 1. The molecule has 5 nitrogen and oxygen atoms in total. The van der Waals surface area contributed by atoms with Crippen LogP contribution in [0, 0.1) is 11.6 Å². The van der Waals surface area contributed by atoms with Gasteiger partial charge >= 0.3 is 0 Å². The van der Waals surface area contributed by atoms with Gasteiger partial charge in [0, 0.05) is 11.8 Å². The van der Waals surface area contributed by atoms with Crippen LogP contribution in [0.1, 0.15) is 5.56 Å². The van der Waals surface area contributed by atoms with Gasteiger partial charge in [0.1, 0.15) is 5.82 Å². The second kappa shape index (κ2) is 8.13. The molecular weight excluding hydrogens is 372 g/mol. The Bertz CT molecular complexity index is 1010. The second-order valence-corrected chi connectivity index (χ2v) is 7.68. The van der Waals surface area contributed by atoms with Crippen molar-refractivity contribution in [3.63, 3.8) is 0 Å². The predicted molar refractivity (Wildman–Crippen MR) is 101 cm³/mol. The molecule has 0 aliphatic carbocycles. The number of rotatable bonds is 7. The van der Waals surface area contributed by atoms with Crippen molar-refractivity contribution in [2.24, 2.45) is 0 Å². The van der Waals surface area contributed by atoms with Gasteiger partial charge in [-0.25, -0.2) is 22.2 Å². The fourth-order valence-corrected chi connectivity index (χ4v) is 3.42. The lowest BCUT2D eigenvalue weighted by atomic mass is 10.2. The zero-order valence-corrected chi connectivity index (χ0v) is 15.0. The average molecular weight is 389 g/mol. The topological polar surface area (TPSA) is 71.1 Å². The third kappa shape index (κ3) is 5.49. The van der Waals surface area contributed by atoms with Crippen molar-refractivity contribution < 1.29 is 17.2 Å². The van der Waals surface area contributed by atoms with Gasteiger partial charge in [-0.1, -0.05) is 30.3 Å². The van der Waals surface area contributed by atoms with E-state index in [4.69, 9.17) is 0 Å². The molecule has 0 aliphatic rings. The van der Waals surface area contributed by atoms with Crippen molar-refractivity contribution in [1.82, 2.24) is 4.98 Å². The summed E-state index contributed by atoms with van der Waals surface area (Å²) < 4.78 is 52.9. The molecule has 0 radical (unpaired) electrons. The Hall–Kier alpha value is -3.00. The van der Waals surface area contributed by atoms with Crippen molar-refractivity contribution in [3.8, 4) is 0 Å². The number of halogens is 2. The van der Waals surface area contributed by atoms with Gasteiger partial charge in [-0.05, 0) is 36.2 Å². The summed E-state index contributed by atoms with van der Waals surface area (Å²) in [4.78, 5) is 4.03. The first-order valence-corrected chi connectivity index (χ1v) is 9.79. The molecule has 0 fully saturated rings. The standard InChI is InChI=1S/C19H17F2N3O2S/c20-17-8-6-15(12-18(17)21)23-16-7-9-19(22-13-16)24-27(25,26)11-10-14-4-2-1-3-5-14/h1-9,12-13,23H,10-11H2,(H,22,24). The van der Waals surface area contributed by atoms with E-state index in [9.17, 15) is 17.2 Å². The Morgan fingerprint density at radius 3 is 2.30 bits per heavy atom.